The number of anilines is 1. The lowest BCUT2D eigenvalue weighted by Crippen LogP contribution is -2.24. The van der Waals surface area contributed by atoms with Gasteiger partial charge in [-0.25, -0.2) is 4.98 Å². The first-order chi connectivity index (χ1) is 17.0. The number of carbonyl (C=O) groups excluding carboxylic acids is 1. The van der Waals surface area contributed by atoms with E-state index in [9.17, 15) is 4.79 Å². The van der Waals surface area contributed by atoms with Crippen molar-refractivity contribution in [2.45, 2.75) is 39.2 Å². The predicted molar refractivity (Wildman–Crippen MR) is 138 cm³/mol. The normalized spacial score (nSPS) is 15.7. The van der Waals surface area contributed by atoms with E-state index in [1.165, 1.54) is 11.1 Å². The Morgan fingerprint density at radius 2 is 1.86 bits per heavy atom. The van der Waals surface area contributed by atoms with Gasteiger partial charge in [-0.3, -0.25) is 4.79 Å². The van der Waals surface area contributed by atoms with Gasteiger partial charge in [-0.2, -0.15) is 0 Å². The molecular weight excluding hydrogens is 438 g/mol. The highest BCUT2D eigenvalue weighted by molar-refractivity contribution is 5.96. The molecule has 0 radical (unpaired) electrons. The molecule has 4 aromatic rings. The van der Waals surface area contributed by atoms with E-state index in [1.807, 2.05) is 59.5 Å². The molecule has 0 aliphatic carbocycles. The highest BCUT2D eigenvalue weighted by atomic mass is 16.5. The van der Waals surface area contributed by atoms with Crippen molar-refractivity contribution >= 4 is 22.6 Å². The quantitative estimate of drug-likeness (QED) is 0.313. The number of para-hydroxylation sites is 2. The Hall–Kier alpha value is -3.80. The van der Waals surface area contributed by atoms with E-state index in [1.54, 1.807) is 7.11 Å². The molecule has 1 aliphatic heterocycles. The lowest BCUT2D eigenvalue weighted by molar-refractivity contribution is -0.117. The maximum absolute atomic E-state index is 13.0. The topological polar surface area (TPSA) is 56.6 Å². The van der Waals surface area contributed by atoms with Crippen LogP contribution in [0.1, 0.15) is 35.7 Å². The number of ether oxygens (including phenoxy) is 2. The Labute approximate surface area is 206 Å². The zero-order valence-electron chi connectivity index (χ0n) is 20.5. The van der Waals surface area contributed by atoms with Gasteiger partial charge in [0.15, 0.2) is 0 Å². The number of amides is 1. The number of methoxy groups -OCH3 is 1. The number of hydrogen-bond acceptors (Lipinski definition) is 4. The van der Waals surface area contributed by atoms with E-state index < -0.39 is 0 Å². The Balaban J connectivity index is 1.35. The monoisotopic (exact) mass is 469 g/mol. The predicted octanol–water partition coefficient (Wildman–Crippen LogP) is 5.65. The molecule has 1 unspecified atom stereocenters. The number of carbonyl (C=O) groups is 1. The summed E-state index contributed by atoms with van der Waals surface area (Å²) in [5.74, 6) is 2.80. The SMILES string of the molecule is COc1cccc(N2CC(c3nc4ccccc4n3CCCOc3cccc(C)c3C)CC2=O)c1. The maximum atomic E-state index is 13.0. The zero-order chi connectivity index (χ0) is 24.4. The summed E-state index contributed by atoms with van der Waals surface area (Å²) in [5.41, 5.74) is 5.34. The van der Waals surface area contributed by atoms with Crippen LogP contribution in [0.15, 0.2) is 66.7 Å². The molecule has 0 N–H and O–H groups in total. The first kappa shape index (κ1) is 23.0. The number of aromatic nitrogens is 2. The summed E-state index contributed by atoms with van der Waals surface area (Å²) in [4.78, 5) is 19.8. The molecule has 180 valence electrons. The average Bonchev–Trinajstić information content (AvgIpc) is 3.44. The standard InChI is InChI=1S/C29H31N3O3/c1-20-9-6-14-27(21(20)2)35-16-8-15-31-26-13-5-4-12-25(26)30-29(31)22-17-28(33)32(19-22)23-10-7-11-24(18-23)34-3/h4-7,9-14,18,22H,8,15-17,19H2,1-3H3. The molecular formula is C29H31N3O3. The van der Waals surface area contributed by atoms with Crippen molar-refractivity contribution in [2.75, 3.05) is 25.2 Å². The van der Waals surface area contributed by atoms with Gasteiger partial charge >= 0.3 is 0 Å². The van der Waals surface area contributed by atoms with Gasteiger partial charge in [-0.15, -0.1) is 0 Å². The fourth-order valence-corrected chi connectivity index (χ4v) is 4.83. The minimum absolute atomic E-state index is 0.0287. The van der Waals surface area contributed by atoms with E-state index in [-0.39, 0.29) is 11.8 Å². The molecule has 1 aromatic heterocycles. The lowest BCUT2D eigenvalue weighted by atomic mass is 10.1. The van der Waals surface area contributed by atoms with Crippen LogP contribution in [0.3, 0.4) is 0 Å². The molecule has 0 bridgehead atoms. The summed E-state index contributed by atoms with van der Waals surface area (Å²) in [6.07, 6.45) is 1.29. The number of rotatable bonds is 8. The third-order valence-corrected chi connectivity index (χ3v) is 6.88. The van der Waals surface area contributed by atoms with Gasteiger partial charge in [0.2, 0.25) is 5.91 Å². The van der Waals surface area contributed by atoms with Gasteiger partial charge in [0.05, 0.1) is 24.8 Å². The number of fused-ring (bicyclic) bond motifs is 1. The van der Waals surface area contributed by atoms with Gasteiger partial charge < -0.3 is 18.9 Å². The third kappa shape index (κ3) is 4.61. The number of aryl methyl sites for hydroxylation is 2. The summed E-state index contributed by atoms with van der Waals surface area (Å²) in [6.45, 7) is 6.20. The van der Waals surface area contributed by atoms with Crippen molar-refractivity contribution < 1.29 is 14.3 Å². The van der Waals surface area contributed by atoms with E-state index in [0.717, 1.165) is 47.0 Å². The van der Waals surface area contributed by atoms with Crippen molar-refractivity contribution in [3.63, 3.8) is 0 Å². The Morgan fingerprint density at radius 1 is 1.03 bits per heavy atom. The summed E-state index contributed by atoms with van der Waals surface area (Å²) >= 11 is 0. The molecule has 5 rings (SSSR count). The van der Waals surface area contributed by atoms with Crippen LogP contribution in [-0.4, -0.2) is 35.7 Å². The van der Waals surface area contributed by atoms with Gasteiger partial charge in [-0.1, -0.05) is 30.3 Å². The van der Waals surface area contributed by atoms with E-state index in [2.05, 4.69) is 30.5 Å². The highest BCUT2D eigenvalue weighted by Gasteiger charge is 2.35. The van der Waals surface area contributed by atoms with Crippen molar-refractivity contribution in [3.8, 4) is 11.5 Å². The molecule has 0 spiro atoms. The molecule has 1 fully saturated rings. The molecule has 0 saturated carbocycles. The fourth-order valence-electron chi connectivity index (χ4n) is 4.83. The Kier molecular flexibility index (Phi) is 6.45. The van der Waals surface area contributed by atoms with Crippen molar-refractivity contribution in [3.05, 3.63) is 83.7 Å². The van der Waals surface area contributed by atoms with Crippen LogP contribution < -0.4 is 14.4 Å². The minimum Gasteiger partial charge on any atom is -0.497 e. The Bertz CT molecular complexity index is 1360. The smallest absolute Gasteiger partial charge is 0.227 e. The first-order valence-electron chi connectivity index (χ1n) is 12.1. The van der Waals surface area contributed by atoms with Crippen LogP contribution >= 0.6 is 0 Å². The molecule has 6 heteroatoms. The molecule has 1 amide bonds. The summed E-state index contributed by atoms with van der Waals surface area (Å²) in [6, 6.07) is 22.0. The van der Waals surface area contributed by atoms with Crippen LogP contribution in [0.2, 0.25) is 0 Å². The Morgan fingerprint density at radius 3 is 2.71 bits per heavy atom. The summed E-state index contributed by atoms with van der Waals surface area (Å²) in [7, 11) is 1.64. The van der Waals surface area contributed by atoms with Crippen molar-refractivity contribution in [1.82, 2.24) is 9.55 Å². The minimum atomic E-state index is 0.0287. The third-order valence-electron chi connectivity index (χ3n) is 6.88. The van der Waals surface area contributed by atoms with E-state index in [4.69, 9.17) is 14.5 Å². The number of nitrogens with zero attached hydrogens (tertiary/aromatic N) is 3. The largest absolute Gasteiger partial charge is 0.497 e. The number of hydrogen-bond donors (Lipinski definition) is 0. The summed E-state index contributed by atoms with van der Waals surface area (Å²) < 4.78 is 13.7. The molecule has 6 nitrogen and oxygen atoms in total. The molecule has 3 aromatic carbocycles. The molecule has 1 atom stereocenters. The van der Waals surface area contributed by atoms with Crippen LogP contribution in [-0.2, 0) is 11.3 Å². The van der Waals surface area contributed by atoms with Gasteiger partial charge in [0.25, 0.3) is 0 Å². The molecule has 1 saturated heterocycles. The van der Waals surface area contributed by atoms with E-state index >= 15 is 0 Å². The second-order valence-electron chi connectivity index (χ2n) is 9.12. The number of imidazole rings is 1. The van der Waals surface area contributed by atoms with Crippen LogP contribution in [0.5, 0.6) is 11.5 Å². The van der Waals surface area contributed by atoms with Gasteiger partial charge in [-0.05, 0) is 61.7 Å². The van der Waals surface area contributed by atoms with E-state index in [0.29, 0.717) is 19.6 Å². The number of benzene rings is 3. The van der Waals surface area contributed by atoms with Crippen LogP contribution in [0.25, 0.3) is 11.0 Å². The summed E-state index contributed by atoms with van der Waals surface area (Å²) in [5, 5.41) is 0. The van der Waals surface area contributed by atoms with Crippen molar-refractivity contribution in [2.24, 2.45) is 0 Å². The fraction of sp³-hybridized carbons (Fsp3) is 0.310. The average molecular weight is 470 g/mol. The second-order valence-corrected chi connectivity index (χ2v) is 9.12. The first-order valence-corrected chi connectivity index (χ1v) is 12.1. The van der Waals surface area contributed by atoms with Crippen molar-refractivity contribution in [1.29, 1.82) is 0 Å². The lowest BCUT2D eigenvalue weighted by Gasteiger charge is -2.18. The van der Waals surface area contributed by atoms with Gasteiger partial charge in [0, 0.05) is 37.2 Å². The zero-order valence-corrected chi connectivity index (χ0v) is 20.5. The highest BCUT2D eigenvalue weighted by Crippen LogP contribution is 2.34. The second kappa shape index (κ2) is 9.82. The molecule has 2 heterocycles. The molecule has 35 heavy (non-hydrogen) atoms. The van der Waals surface area contributed by atoms with Gasteiger partial charge in [0.1, 0.15) is 17.3 Å². The molecule has 1 aliphatic rings. The van der Waals surface area contributed by atoms with Crippen LogP contribution in [0, 0.1) is 13.8 Å². The van der Waals surface area contributed by atoms with Crippen LogP contribution in [0.4, 0.5) is 5.69 Å². The maximum Gasteiger partial charge on any atom is 0.227 e.